The van der Waals surface area contributed by atoms with E-state index in [1.165, 1.54) is 4.88 Å². The van der Waals surface area contributed by atoms with Crippen molar-refractivity contribution in [1.29, 1.82) is 0 Å². The fourth-order valence-electron chi connectivity index (χ4n) is 3.40. The summed E-state index contributed by atoms with van der Waals surface area (Å²) in [4.78, 5) is 16.5. The molecule has 3 rings (SSSR count). The van der Waals surface area contributed by atoms with Crippen LogP contribution in [-0.2, 0) is 4.74 Å². The summed E-state index contributed by atoms with van der Waals surface area (Å²) in [6, 6.07) is 9.68. The van der Waals surface area contributed by atoms with E-state index in [9.17, 15) is 4.79 Å². The van der Waals surface area contributed by atoms with E-state index >= 15 is 0 Å². The number of thiophene rings is 1. The molecule has 1 fully saturated rings. The van der Waals surface area contributed by atoms with Gasteiger partial charge in [0.1, 0.15) is 0 Å². The number of benzene rings is 1. The normalized spacial score (nSPS) is 15.7. The zero-order valence-corrected chi connectivity index (χ0v) is 18.9. The van der Waals surface area contributed by atoms with Crippen LogP contribution in [0.25, 0.3) is 0 Å². The molecule has 1 aromatic heterocycles. The van der Waals surface area contributed by atoms with E-state index in [0.29, 0.717) is 36.1 Å². The molecule has 7 heteroatoms. The minimum atomic E-state index is -0.114. The smallest absolute Gasteiger partial charge is 0.251 e. The van der Waals surface area contributed by atoms with E-state index in [1.54, 1.807) is 30.6 Å². The van der Waals surface area contributed by atoms with Crippen LogP contribution in [-0.4, -0.2) is 57.4 Å². The van der Waals surface area contributed by atoms with E-state index in [4.69, 9.17) is 14.2 Å². The van der Waals surface area contributed by atoms with Crippen molar-refractivity contribution in [3.8, 4) is 11.5 Å². The number of carbonyl (C=O) groups is 1. The maximum absolute atomic E-state index is 12.8. The number of ether oxygens (including phenoxy) is 3. The number of hydrogen-bond acceptors (Lipinski definition) is 6. The first kappa shape index (κ1) is 22.6. The molecule has 0 spiro atoms. The first-order chi connectivity index (χ1) is 14.6. The van der Waals surface area contributed by atoms with Crippen molar-refractivity contribution in [3.05, 3.63) is 46.2 Å². The number of nitrogens with zero attached hydrogens (tertiary/aromatic N) is 1. The molecule has 0 aliphatic carbocycles. The molecule has 1 amide bonds. The molecule has 1 aromatic carbocycles. The Morgan fingerprint density at radius 3 is 2.70 bits per heavy atom. The molecule has 1 N–H and O–H groups in total. The largest absolute Gasteiger partial charge is 0.493 e. The molecule has 2 aromatic rings. The van der Waals surface area contributed by atoms with Crippen LogP contribution in [0.1, 0.15) is 41.5 Å². The molecular formula is C23H32N2O4S. The monoisotopic (exact) mass is 432 g/mol. The van der Waals surface area contributed by atoms with Gasteiger partial charge in [0.05, 0.1) is 33.0 Å². The highest BCUT2D eigenvalue weighted by Crippen LogP contribution is 2.29. The van der Waals surface area contributed by atoms with Crippen molar-refractivity contribution in [2.75, 3.05) is 46.6 Å². The van der Waals surface area contributed by atoms with E-state index in [2.05, 4.69) is 41.6 Å². The minimum absolute atomic E-state index is 0.114. The molecule has 6 nitrogen and oxygen atoms in total. The molecule has 1 saturated heterocycles. The highest BCUT2D eigenvalue weighted by atomic mass is 32.1. The summed E-state index contributed by atoms with van der Waals surface area (Å²) in [7, 11) is 1.59. The van der Waals surface area contributed by atoms with E-state index in [1.807, 2.05) is 6.07 Å². The molecule has 0 radical (unpaired) electrons. The SMILES string of the molecule is COc1cc(C(=O)NCC(c2cccs2)N2CCOCC2)ccc1OCCC(C)C. The number of rotatable bonds is 10. The Hall–Kier alpha value is -2.09. The number of nitrogens with one attached hydrogen (secondary N) is 1. The number of carbonyl (C=O) groups excluding carboxylic acids is 1. The topological polar surface area (TPSA) is 60.0 Å². The van der Waals surface area contributed by atoms with Gasteiger partial charge in [-0.2, -0.15) is 0 Å². The molecule has 1 unspecified atom stereocenters. The minimum Gasteiger partial charge on any atom is -0.493 e. The Bertz CT molecular complexity index is 789. The second kappa shape index (κ2) is 11.3. The van der Waals surface area contributed by atoms with Crippen molar-refractivity contribution in [2.45, 2.75) is 26.3 Å². The lowest BCUT2D eigenvalue weighted by Gasteiger charge is -2.34. The van der Waals surface area contributed by atoms with Crippen molar-refractivity contribution in [2.24, 2.45) is 5.92 Å². The first-order valence-corrected chi connectivity index (χ1v) is 11.4. The highest BCUT2D eigenvalue weighted by molar-refractivity contribution is 7.10. The van der Waals surface area contributed by atoms with E-state index in [-0.39, 0.29) is 11.9 Å². The van der Waals surface area contributed by atoms with Crippen molar-refractivity contribution in [3.63, 3.8) is 0 Å². The maximum atomic E-state index is 12.8. The van der Waals surface area contributed by atoms with Gasteiger partial charge in [0, 0.05) is 30.1 Å². The van der Waals surface area contributed by atoms with Crippen molar-refractivity contribution < 1.29 is 19.0 Å². The van der Waals surface area contributed by atoms with Crippen LogP contribution in [0.3, 0.4) is 0 Å². The van der Waals surface area contributed by atoms with Gasteiger partial charge in [0.25, 0.3) is 5.91 Å². The quantitative estimate of drug-likeness (QED) is 0.615. The zero-order chi connectivity index (χ0) is 21.3. The average molecular weight is 433 g/mol. The van der Waals surface area contributed by atoms with Crippen LogP contribution < -0.4 is 14.8 Å². The highest BCUT2D eigenvalue weighted by Gasteiger charge is 2.24. The maximum Gasteiger partial charge on any atom is 0.251 e. The molecule has 30 heavy (non-hydrogen) atoms. The van der Waals surface area contributed by atoms with Crippen LogP contribution in [0, 0.1) is 5.92 Å². The summed E-state index contributed by atoms with van der Waals surface area (Å²) < 4.78 is 16.8. The lowest BCUT2D eigenvalue weighted by molar-refractivity contribution is 0.0169. The fourth-order valence-corrected chi connectivity index (χ4v) is 4.26. The summed E-state index contributed by atoms with van der Waals surface area (Å²) in [6.07, 6.45) is 0.969. The second-order valence-corrected chi connectivity index (χ2v) is 8.77. The van der Waals surface area contributed by atoms with Gasteiger partial charge in [0.2, 0.25) is 0 Å². The molecule has 0 bridgehead atoms. The van der Waals surface area contributed by atoms with Gasteiger partial charge in [-0.1, -0.05) is 19.9 Å². The number of methoxy groups -OCH3 is 1. The first-order valence-electron chi connectivity index (χ1n) is 10.5. The molecule has 1 aliphatic heterocycles. The average Bonchev–Trinajstić information content (AvgIpc) is 3.29. The molecule has 0 saturated carbocycles. The summed E-state index contributed by atoms with van der Waals surface area (Å²) in [5.74, 6) is 1.70. The van der Waals surface area contributed by atoms with Gasteiger partial charge in [-0.25, -0.2) is 0 Å². The van der Waals surface area contributed by atoms with Crippen LogP contribution in [0.15, 0.2) is 35.7 Å². The van der Waals surface area contributed by atoms with Gasteiger partial charge < -0.3 is 19.5 Å². The van der Waals surface area contributed by atoms with Crippen molar-refractivity contribution in [1.82, 2.24) is 10.2 Å². The molecule has 1 atom stereocenters. The third kappa shape index (κ3) is 6.20. The summed E-state index contributed by atoms with van der Waals surface area (Å²) >= 11 is 1.72. The van der Waals surface area contributed by atoms with Crippen molar-refractivity contribution >= 4 is 17.2 Å². The van der Waals surface area contributed by atoms with Gasteiger partial charge in [-0.3, -0.25) is 9.69 Å². The van der Waals surface area contributed by atoms with Gasteiger partial charge in [-0.15, -0.1) is 11.3 Å². The second-order valence-electron chi connectivity index (χ2n) is 7.79. The lowest BCUT2D eigenvalue weighted by Crippen LogP contribution is -2.43. The predicted octanol–water partition coefficient (Wildman–Crippen LogP) is 3.98. The summed E-state index contributed by atoms with van der Waals surface area (Å²) in [5.41, 5.74) is 0.565. The van der Waals surface area contributed by atoms with Crippen LogP contribution in [0.4, 0.5) is 0 Å². The van der Waals surface area contributed by atoms with Gasteiger partial charge >= 0.3 is 0 Å². The predicted molar refractivity (Wildman–Crippen MR) is 120 cm³/mol. The number of hydrogen-bond donors (Lipinski definition) is 1. The Morgan fingerprint density at radius 1 is 1.23 bits per heavy atom. The fraction of sp³-hybridized carbons (Fsp3) is 0.522. The molecule has 164 valence electrons. The summed E-state index contributed by atoms with van der Waals surface area (Å²) in [5, 5.41) is 5.18. The van der Waals surface area contributed by atoms with Crippen LogP contribution in [0.5, 0.6) is 11.5 Å². The molecule has 2 heterocycles. The Labute approximate surface area is 183 Å². The van der Waals surface area contributed by atoms with Crippen LogP contribution in [0.2, 0.25) is 0 Å². The third-order valence-corrected chi connectivity index (χ3v) is 6.17. The number of morpholine rings is 1. The Morgan fingerprint density at radius 2 is 2.03 bits per heavy atom. The van der Waals surface area contributed by atoms with Gasteiger partial charge in [0.15, 0.2) is 11.5 Å². The zero-order valence-electron chi connectivity index (χ0n) is 18.1. The third-order valence-electron chi connectivity index (χ3n) is 5.19. The standard InChI is InChI=1S/C23H32N2O4S/c1-17(2)8-11-29-20-7-6-18(15-21(20)27-3)23(26)24-16-19(22-5-4-14-30-22)25-9-12-28-13-10-25/h4-7,14-15,17,19H,8-13,16H2,1-3H3,(H,24,26). The molecule has 1 aliphatic rings. The molecular weight excluding hydrogens is 400 g/mol. The van der Waals surface area contributed by atoms with E-state index in [0.717, 1.165) is 32.7 Å². The summed E-state index contributed by atoms with van der Waals surface area (Å²) in [6.45, 7) is 8.69. The number of amides is 1. The van der Waals surface area contributed by atoms with E-state index < -0.39 is 0 Å². The Balaban J connectivity index is 1.63. The Kier molecular flexibility index (Phi) is 8.54. The van der Waals surface area contributed by atoms with Gasteiger partial charge in [-0.05, 0) is 42.0 Å². The van der Waals surface area contributed by atoms with Crippen LogP contribution >= 0.6 is 11.3 Å². The lowest BCUT2D eigenvalue weighted by atomic mass is 10.1.